The molecular formula is C27H27N7O. The first-order valence-corrected chi connectivity index (χ1v) is 11.5. The second kappa shape index (κ2) is 9.87. The molecule has 5 rings (SSSR count). The third-order valence-electron chi connectivity index (χ3n) is 6.06. The molecule has 35 heavy (non-hydrogen) atoms. The van der Waals surface area contributed by atoms with E-state index in [4.69, 9.17) is 11.2 Å². The topological polar surface area (TPSA) is 78.4 Å². The van der Waals surface area contributed by atoms with E-state index in [2.05, 4.69) is 72.6 Å². The molecule has 176 valence electrons. The van der Waals surface area contributed by atoms with Crippen molar-refractivity contribution in [1.82, 2.24) is 19.9 Å². The van der Waals surface area contributed by atoms with Crippen LogP contribution in [-0.2, 0) is 0 Å². The number of likely N-dealkylation sites (N-methyl/N-ethyl adjacent to an activating group) is 1. The minimum absolute atomic E-state index is 0.418. The Morgan fingerprint density at radius 3 is 2.49 bits per heavy atom. The first-order valence-electron chi connectivity index (χ1n) is 11.5. The highest BCUT2D eigenvalue weighted by molar-refractivity contribution is 5.84. The summed E-state index contributed by atoms with van der Waals surface area (Å²) in [5.74, 6) is 3.50. The van der Waals surface area contributed by atoms with Gasteiger partial charge in [0.25, 0.3) is 0 Å². The van der Waals surface area contributed by atoms with Crippen molar-refractivity contribution in [2.75, 3.05) is 55.9 Å². The van der Waals surface area contributed by atoms with Gasteiger partial charge in [0, 0.05) is 55.4 Å². The van der Waals surface area contributed by atoms with Crippen LogP contribution in [-0.4, -0.2) is 60.2 Å². The van der Waals surface area contributed by atoms with E-state index in [9.17, 15) is 0 Å². The lowest BCUT2D eigenvalue weighted by Crippen LogP contribution is -2.44. The van der Waals surface area contributed by atoms with Crippen LogP contribution >= 0.6 is 0 Å². The summed E-state index contributed by atoms with van der Waals surface area (Å²) in [6, 6.07) is 18.1. The van der Waals surface area contributed by atoms with Crippen molar-refractivity contribution in [2.45, 2.75) is 0 Å². The number of nitrogens with one attached hydrogen (secondary N) is 2. The lowest BCUT2D eigenvalue weighted by Gasteiger charge is -2.35. The Labute approximate surface area is 205 Å². The van der Waals surface area contributed by atoms with E-state index < -0.39 is 0 Å². The number of pyridine rings is 1. The Hall–Kier alpha value is -4.35. The second-order valence-electron chi connectivity index (χ2n) is 8.43. The van der Waals surface area contributed by atoms with Crippen molar-refractivity contribution >= 4 is 39.7 Å². The molecule has 1 fully saturated rings. The van der Waals surface area contributed by atoms with Crippen molar-refractivity contribution in [3.63, 3.8) is 0 Å². The maximum atomic E-state index is 5.65. The number of piperazine rings is 1. The van der Waals surface area contributed by atoms with E-state index in [1.54, 1.807) is 19.4 Å². The van der Waals surface area contributed by atoms with Crippen LogP contribution in [0.1, 0.15) is 5.56 Å². The van der Waals surface area contributed by atoms with Gasteiger partial charge in [-0.05, 0) is 37.4 Å². The molecule has 8 nitrogen and oxygen atoms in total. The van der Waals surface area contributed by atoms with Crippen LogP contribution in [0.25, 0.3) is 11.0 Å². The second-order valence-corrected chi connectivity index (χ2v) is 8.43. The Morgan fingerprint density at radius 1 is 0.943 bits per heavy atom. The van der Waals surface area contributed by atoms with Crippen LogP contribution in [0.15, 0.2) is 60.8 Å². The maximum Gasteiger partial charge on any atom is 0.229 e. The number of ether oxygens (including phenoxy) is 1. The van der Waals surface area contributed by atoms with E-state index in [0.717, 1.165) is 48.9 Å². The van der Waals surface area contributed by atoms with Crippen LogP contribution in [0.3, 0.4) is 0 Å². The molecule has 0 aliphatic carbocycles. The highest BCUT2D eigenvalue weighted by Gasteiger charge is 2.18. The number of anilines is 5. The molecule has 1 saturated heterocycles. The number of rotatable bonds is 6. The molecule has 0 bridgehead atoms. The Kier molecular flexibility index (Phi) is 6.33. The monoisotopic (exact) mass is 465 g/mol. The Bertz CT molecular complexity index is 1380. The predicted octanol–water partition coefficient (Wildman–Crippen LogP) is 4.25. The fourth-order valence-electron chi connectivity index (χ4n) is 4.11. The van der Waals surface area contributed by atoms with E-state index in [-0.39, 0.29) is 0 Å². The third-order valence-corrected chi connectivity index (χ3v) is 6.06. The number of hydrogen-bond acceptors (Lipinski definition) is 8. The molecule has 0 amide bonds. The zero-order chi connectivity index (χ0) is 24.2. The number of hydrogen-bond donors (Lipinski definition) is 2. The smallest absolute Gasteiger partial charge is 0.229 e. The van der Waals surface area contributed by atoms with E-state index in [0.29, 0.717) is 28.4 Å². The number of para-hydroxylation sites is 1. The standard InChI is InChI=1S/C27H27N7O/c1-4-19-16-25(35-3)31-26-22(19)18-28-27(32-26)30-21-10-11-24(34-14-12-33(2)13-15-34)23(17-21)29-20-8-6-5-7-9-20/h1,5-11,16-18,29H,12-15H2,2-3H3,(H,28,30,31,32). The van der Waals surface area contributed by atoms with Crippen molar-refractivity contribution < 1.29 is 4.74 Å². The van der Waals surface area contributed by atoms with Crippen LogP contribution < -0.4 is 20.3 Å². The van der Waals surface area contributed by atoms with E-state index in [1.807, 2.05) is 24.3 Å². The number of fused-ring (bicyclic) bond motifs is 1. The number of methoxy groups -OCH3 is 1. The van der Waals surface area contributed by atoms with Gasteiger partial charge in [0.05, 0.1) is 23.9 Å². The molecule has 8 heteroatoms. The highest BCUT2D eigenvalue weighted by Crippen LogP contribution is 2.33. The fourth-order valence-corrected chi connectivity index (χ4v) is 4.11. The minimum Gasteiger partial charge on any atom is -0.481 e. The first kappa shape index (κ1) is 22.4. The molecule has 2 aromatic carbocycles. The van der Waals surface area contributed by atoms with Gasteiger partial charge in [-0.1, -0.05) is 24.1 Å². The molecular weight excluding hydrogens is 438 g/mol. The lowest BCUT2D eigenvalue weighted by atomic mass is 10.1. The average molecular weight is 466 g/mol. The number of benzene rings is 2. The van der Waals surface area contributed by atoms with Crippen molar-refractivity contribution in [3.8, 4) is 18.2 Å². The van der Waals surface area contributed by atoms with Gasteiger partial charge < -0.3 is 25.2 Å². The van der Waals surface area contributed by atoms with Crippen LogP contribution in [0.4, 0.5) is 28.7 Å². The summed E-state index contributed by atoms with van der Waals surface area (Å²) in [7, 11) is 3.71. The molecule has 4 aromatic rings. The summed E-state index contributed by atoms with van der Waals surface area (Å²) in [5, 5.41) is 7.60. The first-order chi connectivity index (χ1) is 17.1. The summed E-state index contributed by atoms with van der Waals surface area (Å²) < 4.78 is 5.27. The van der Waals surface area contributed by atoms with Gasteiger partial charge in [0.1, 0.15) is 0 Å². The van der Waals surface area contributed by atoms with Crippen LogP contribution in [0.2, 0.25) is 0 Å². The normalized spacial score (nSPS) is 13.9. The summed E-state index contributed by atoms with van der Waals surface area (Å²) in [6.45, 7) is 4.02. The van der Waals surface area contributed by atoms with E-state index >= 15 is 0 Å². The molecule has 0 spiro atoms. The fraction of sp³-hybridized carbons (Fsp3) is 0.222. The Balaban J connectivity index is 1.47. The molecule has 0 unspecified atom stereocenters. The molecule has 0 radical (unpaired) electrons. The van der Waals surface area contributed by atoms with Gasteiger partial charge in [-0.3, -0.25) is 0 Å². The minimum atomic E-state index is 0.418. The predicted molar refractivity (Wildman–Crippen MR) is 141 cm³/mol. The lowest BCUT2D eigenvalue weighted by molar-refractivity contribution is 0.313. The summed E-state index contributed by atoms with van der Waals surface area (Å²) in [5.41, 5.74) is 5.19. The third kappa shape index (κ3) is 4.95. The Morgan fingerprint density at radius 2 is 1.74 bits per heavy atom. The van der Waals surface area contributed by atoms with Gasteiger partial charge >= 0.3 is 0 Å². The van der Waals surface area contributed by atoms with Gasteiger partial charge in [0.2, 0.25) is 11.8 Å². The molecule has 0 atom stereocenters. The van der Waals surface area contributed by atoms with Gasteiger partial charge in [-0.2, -0.15) is 9.97 Å². The van der Waals surface area contributed by atoms with Crippen LogP contribution in [0, 0.1) is 12.3 Å². The van der Waals surface area contributed by atoms with Crippen molar-refractivity contribution in [2.24, 2.45) is 0 Å². The maximum absolute atomic E-state index is 5.65. The largest absolute Gasteiger partial charge is 0.481 e. The average Bonchev–Trinajstić information content (AvgIpc) is 2.89. The molecule has 0 saturated carbocycles. The zero-order valence-electron chi connectivity index (χ0n) is 19.8. The number of nitrogens with zero attached hydrogens (tertiary/aromatic N) is 5. The van der Waals surface area contributed by atoms with Gasteiger partial charge in [-0.15, -0.1) is 6.42 Å². The van der Waals surface area contributed by atoms with Crippen molar-refractivity contribution in [1.29, 1.82) is 0 Å². The molecule has 2 N–H and O–H groups in total. The van der Waals surface area contributed by atoms with E-state index in [1.165, 1.54) is 0 Å². The summed E-state index contributed by atoms with van der Waals surface area (Å²) >= 11 is 0. The molecule has 3 heterocycles. The van der Waals surface area contributed by atoms with Gasteiger partial charge in [0.15, 0.2) is 5.65 Å². The number of aromatic nitrogens is 3. The van der Waals surface area contributed by atoms with Gasteiger partial charge in [-0.25, -0.2) is 4.98 Å². The number of terminal acetylenes is 1. The van der Waals surface area contributed by atoms with Crippen LogP contribution in [0.5, 0.6) is 5.88 Å². The SMILES string of the molecule is C#Cc1cc(OC)nc2nc(Nc3ccc(N4CCN(C)CC4)c(Nc4ccccc4)c3)ncc12. The van der Waals surface area contributed by atoms with Crippen molar-refractivity contribution in [3.05, 3.63) is 66.4 Å². The summed E-state index contributed by atoms with van der Waals surface area (Å²) in [6.07, 6.45) is 7.33. The molecule has 2 aromatic heterocycles. The molecule has 1 aliphatic heterocycles. The summed E-state index contributed by atoms with van der Waals surface area (Å²) in [4.78, 5) is 18.2. The quantitative estimate of drug-likeness (QED) is 0.409. The highest BCUT2D eigenvalue weighted by atomic mass is 16.5. The molecule has 1 aliphatic rings. The zero-order valence-corrected chi connectivity index (χ0v) is 19.8.